The largest absolute Gasteiger partial charge is 0.493 e. The average Bonchev–Trinajstić information content (AvgIpc) is 2.42. The molecule has 1 N–H and O–H groups in total. The van der Waals surface area contributed by atoms with Crippen LogP contribution >= 0.6 is 0 Å². The fraction of sp³-hybridized carbons (Fsp3) is 0.467. The molecule has 0 spiro atoms. The Morgan fingerprint density at radius 2 is 1.68 bits per heavy atom. The SMILES string of the molecule is C=C(C)CNC(C)c1cc(OC)c(OC)c(OC)c1. The van der Waals surface area contributed by atoms with Crippen LogP contribution < -0.4 is 19.5 Å². The van der Waals surface area contributed by atoms with Crippen LogP contribution in [0.2, 0.25) is 0 Å². The van der Waals surface area contributed by atoms with E-state index in [1.807, 2.05) is 19.1 Å². The van der Waals surface area contributed by atoms with Gasteiger partial charge in [0.1, 0.15) is 0 Å². The third-order valence-electron chi connectivity index (χ3n) is 2.90. The molecule has 0 amide bonds. The van der Waals surface area contributed by atoms with E-state index in [-0.39, 0.29) is 6.04 Å². The molecule has 0 aliphatic carbocycles. The summed E-state index contributed by atoms with van der Waals surface area (Å²) in [5, 5.41) is 3.39. The summed E-state index contributed by atoms with van der Waals surface area (Å²) < 4.78 is 16.0. The number of methoxy groups -OCH3 is 3. The molecule has 0 heterocycles. The molecule has 1 aromatic rings. The van der Waals surface area contributed by atoms with Crippen LogP contribution in [0.15, 0.2) is 24.3 Å². The third kappa shape index (κ3) is 3.89. The molecular weight excluding hydrogens is 242 g/mol. The zero-order valence-electron chi connectivity index (χ0n) is 12.4. The highest BCUT2D eigenvalue weighted by Crippen LogP contribution is 2.39. The van der Waals surface area contributed by atoms with E-state index in [0.717, 1.165) is 17.7 Å². The minimum Gasteiger partial charge on any atom is -0.493 e. The van der Waals surface area contributed by atoms with Crippen LogP contribution in [0, 0.1) is 0 Å². The van der Waals surface area contributed by atoms with E-state index >= 15 is 0 Å². The summed E-state index contributed by atoms with van der Waals surface area (Å²) in [7, 11) is 4.84. The molecule has 4 nitrogen and oxygen atoms in total. The van der Waals surface area contributed by atoms with E-state index in [0.29, 0.717) is 17.2 Å². The summed E-state index contributed by atoms with van der Waals surface area (Å²) in [5.74, 6) is 1.95. The first-order valence-electron chi connectivity index (χ1n) is 6.21. The van der Waals surface area contributed by atoms with Gasteiger partial charge in [0.2, 0.25) is 5.75 Å². The van der Waals surface area contributed by atoms with E-state index in [4.69, 9.17) is 14.2 Å². The van der Waals surface area contributed by atoms with Crippen LogP contribution in [-0.4, -0.2) is 27.9 Å². The lowest BCUT2D eigenvalue weighted by Gasteiger charge is -2.18. The molecule has 0 bridgehead atoms. The molecule has 106 valence electrons. The highest BCUT2D eigenvalue weighted by atomic mass is 16.5. The van der Waals surface area contributed by atoms with E-state index in [9.17, 15) is 0 Å². The summed E-state index contributed by atoms with van der Waals surface area (Å²) in [6, 6.07) is 4.08. The van der Waals surface area contributed by atoms with Gasteiger partial charge in [-0.3, -0.25) is 0 Å². The zero-order chi connectivity index (χ0) is 14.4. The second-order valence-electron chi connectivity index (χ2n) is 4.52. The fourth-order valence-electron chi connectivity index (χ4n) is 1.80. The molecule has 1 atom stereocenters. The van der Waals surface area contributed by atoms with Gasteiger partial charge in [-0.05, 0) is 31.5 Å². The molecule has 1 rings (SSSR count). The maximum absolute atomic E-state index is 5.34. The van der Waals surface area contributed by atoms with Crippen LogP contribution in [0.3, 0.4) is 0 Å². The van der Waals surface area contributed by atoms with Gasteiger partial charge in [0, 0.05) is 12.6 Å². The highest BCUT2D eigenvalue weighted by Gasteiger charge is 2.15. The monoisotopic (exact) mass is 265 g/mol. The lowest BCUT2D eigenvalue weighted by molar-refractivity contribution is 0.323. The Labute approximate surface area is 115 Å². The Balaban J connectivity index is 3.04. The fourth-order valence-corrected chi connectivity index (χ4v) is 1.80. The van der Waals surface area contributed by atoms with Gasteiger partial charge in [-0.25, -0.2) is 0 Å². The summed E-state index contributed by atoms with van der Waals surface area (Å²) >= 11 is 0. The molecule has 0 radical (unpaired) electrons. The summed E-state index contributed by atoms with van der Waals surface area (Å²) in [6.45, 7) is 8.74. The van der Waals surface area contributed by atoms with Gasteiger partial charge in [-0.2, -0.15) is 0 Å². The van der Waals surface area contributed by atoms with Gasteiger partial charge in [-0.15, -0.1) is 0 Å². The summed E-state index contributed by atoms with van der Waals surface area (Å²) in [6.07, 6.45) is 0. The first-order chi connectivity index (χ1) is 9.03. The number of rotatable bonds is 7. The molecule has 0 aromatic heterocycles. The van der Waals surface area contributed by atoms with Crippen molar-refractivity contribution in [1.82, 2.24) is 5.32 Å². The topological polar surface area (TPSA) is 39.7 Å². The Bertz CT molecular complexity index is 418. The van der Waals surface area contributed by atoms with Crippen molar-refractivity contribution in [2.75, 3.05) is 27.9 Å². The predicted molar refractivity (Wildman–Crippen MR) is 77.3 cm³/mol. The van der Waals surface area contributed by atoms with E-state index in [2.05, 4.69) is 18.8 Å². The molecule has 0 saturated carbocycles. The molecular formula is C15H23NO3. The van der Waals surface area contributed by atoms with Crippen molar-refractivity contribution < 1.29 is 14.2 Å². The standard InChI is InChI=1S/C15H23NO3/c1-10(2)9-16-11(3)12-7-13(17-4)15(19-6)14(8-12)18-5/h7-8,11,16H,1,9H2,2-6H3. The molecule has 1 aromatic carbocycles. The smallest absolute Gasteiger partial charge is 0.203 e. The van der Waals surface area contributed by atoms with Gasteiger partial charge in [0.05, 0.1) is 21.3 Å². The Morgan fingerprint density at radius 3 is 2.05 bits per heavy atom. The quantitative estimate of drug-likeness (QED) is 0.769. The minimum atomic E-state index is 0.172. The molecule has 1 unspecified atom stereocenters. The first-order valence-corrected chi connectivity index (χ1v) is 6.21. The van der Waals surface area contributed by atoms with Gasteiger partial charge >= 0.3 is 0 Å². The second kappa shape index (κ2) is 7.04. The Morgan fingerprint density at radius 1 is 1.16 bits per heavy atom. The lowest BCUT2D eigenvalue weighted by Crippen LogP contribution is -2.20. The molecule has 0 aliphatic heterocycles. The van der Waals surface area contributed by atoms with Crippen molar-refractivity contribution in [1.29, 1.82) is 0 Å². The molecule has 19 heavy (non-hydrogen) atoms. The van der Waals surface area contributed by atoms with Gasteiger partial charge in [0.25, 0.3) is 0 Å². The van der Waals surface area contributed by atoms with Gasteiger partial charge in [-0.1, -0.05) is 12.2 Å². The van der Waals surface area contributed by atoms with E-state index in [1.165, 1.54) is 0 Å². The van der Waals surface area contributed by atoms with Crippen molar-refractivity contribution in [2.45, 2.75) is 19.9 Å². The van der Waals surface area contributed by atoms with Gasteiger partial charge < -0.3 is 19.5 Å². The molecule has 0 saturated heterocycles. The number of benzene rings is 1. The summed E-state index contributed by atoms with van der Waals surface area (Å²) in [4.78, 5) is 0. The van der Waals surface area contributed by atoms with Crippen molar-refractivity contribution in [3.63, 3.8) is 0 Å². The van der Waals surface area contributed by atoms with Gasteiger partial charge in [0.15, 0.2) is 11.5 Å². The normalized spacial score (nSPS) is 11.8. The van der Waals surface area contributed by atoms with Crippen LogP contribution in [0.1, 0.15) is 25.5 Å². The number of ether oxygens (including phenoxy) is 3. The van der Waals surface area contributed by atoms with Crippen LogP contribution in [0.5, 0.6) is 17.2 Å². The average molecular weight is 265 g/mol. The molecule has 0 aliphatic rings. The van der Waals surface area contributed by atoms with Crippen molar-refractivity contribution in [3.05, 3.63) is 29.8 Å². The first kappa shape index (κ1) is 15.4. The maximum Gasteiger partial charge on any atom is 0.203 e. The number of nitrogens with one attached hydrogen (secondary N) is 1. The number of hydrogen-bond donors (Lipinski definition) is 1. The molecule has 4 heteroatoms. The van der Waals surface area contributed by atoms with Crippen molar-refractivity contribution in [2.24, 2.45) is 0 Å². The van der Waals surface area contributed by atoms with E-state index in [1.54, 1.807) is 21.3 Å². The van der Waals surface area contributed by atoms with Crippen molar-refractivity contribution >= 4 is 0 Å². The second-order valence-corrected chi connectivity index (χ2v) is 4.52. The third-order valence-corrected chi connectivity index (χ3v) is 2.90. The minimum absolute atomic E-state index is 0.172. The Kier molecular flexibility index (Phi) is 5.70. The van der Waals surface area contributed by atoms with Crippen LogP contribution in [0.4, 0.5) is 0 Å². The lowest BCUT2D eigenvalue weighted by atomic mass is 10.1. The zero-order valence-corrected chi connectivity index (χ0v) is 12.4. The van der Waals surface area contributed by atoms with Crippen LogP contribution in [0.25, 0.3) is 0 Å². The number of hydrogen-bond acceptors (Lipinski definition) is 4. The van der Waals surface area contributed by atoms with E-state index < -0.39 is 0 Å². The Hall–Kier alpha value is -1.68. The summed E-state index contributed by atoms with van der Waals surface area (Å²) in [5.41, 5.74) is 2.18. The predicted octanol–water partition coefficient (Wildman–Crippen LogP) is 2.94. The van der Waals surface area contributed by atoms with Crippen LogP contribution in [-0.2, 0) is 0 Å². The van der Waals surface area contributed by atoms with Crippen molar-refractivity contribution in [3.8, 4) is 17.2 Å². The highest BCUT2D eigenvalue weighted by molar-refractivity contribution is 5.54. The maximum atomic E-state index is 5.34. The molecule has 0 fully saturated rings.